The largest absolute Gasteiger partial charge is 0.352 e. The highest BCUT2D eigenvalue weighted by Crippen LogP contribution is 2.20. The lowest BCUT2D eigenvalue weighted by atomic mass is 10.1. The molecule has 0 aromatic heterocycles. The Morgan fingerprint density at radius 3 is 2.19 bits per heavy atom. The minimum absolute atomic E-state index is 0.00862. The van der Waals surface area contributed by atoms with Gasteiger partial charge in [-0.3, -0.25) is 19.3 Å². The topological polar surface area (TPSA) is 90.5 Å². The van der Waals surface area contributed by atoms with Crippen molar-refractivity contribution in [1.82, 2.24) is 10.2 Å². The second-order valence-corrected chi connectivity index (χ2v) is 8.79. The lowest BCUT2D eigenvalue weighted by Gasteiger charge is -2.17. The van der Waals surface area contributed by atoms with Crippen LogP contribution >= 0.6 is 15.9 Å². The van der Waals surface area contributed by atoms with Crippen molar-refractivity contribution in [1.29, 1.82) is 0 Å². The van der Waals surface area contributed by atoms with E-state index >= 15 is 0 Å². The average molecular weight is 489 g/mol. The molecule has 8 heteroatoms. The van der Waals surface area contributed by atoms with Gasteiger partial charge in [0.25, 0.3) is 5.91 Å². The Bertz CT molecular complexity index is 946. The van der Waals surface area contributed by atoms with E-state index in [1.807, 2.05) is 39.0 Å². The smallest absolute Gasteiger partial charge is 0.253 e. The molecule has 0 aliphatic heterocycles. The molecule has 2 aromatic rings. The van der Waals surface area contributed by atoms with Gasteiger partial charge in [-0.2, -0.15) is 0 Å². The third-order valence-electron chi connectivity index (χ3n) is 4.41. The van der Waals surface area contributed by atoms with Crippen molar-refractivity contribution in [2.24, 2.45) is 5.92 Å². The fourth-order valence-electron chi connectivity index (χ4n) is 2.88. The van der Waals surface area contributed by atoms with E-state index in [1.165, 1.54) is 0 Å². The van der Waals surface area contributed by atoms with Gasteiger partial charge in [0.05, 0.1) is 24.3 Å². The molecule has 0 heterocycles. The molecule has 166 valence electrons. The summed E-state index contributed by atoms with van der Waals surface area (Å²) in [6.45, 7) is 6.55. The minimum Gasteiger partial charge on any atom is -0.352 e. The van der Waals surface area contributed by atoms with Crippen LogP contribution in [-0.2, 0) is 9.59 Å². The maximum Gasteiger partial charge on any atom is 0.253 e. The van der Waals surface area contributed by atoms with Gasteiger partial charge in [-0.1, -0.05) is 41.9 Å². The van der Waals surface area contributed by atoms with Crippen LogP contribution in [-0.4, -0.2) is 49.3 Å². The minimum atomic E-state index is -0.306. The quantitative estimate of drug-likeness (QED) is 0.502. The van der Waals surface area contributed by atoms with Crippen molar-refractivity contribution in [2.45, 2.75) is 20.8 Å². The highest BCUT2D eigenvalue weighted by atomic mass is 79.9. The van der Waals surface area contributed by atoms with Gasteiger partial charge in [-0.25, -0.2) is 0 Å². The van der Waals surface area contributed by atoms with Crippen molar-refractivity contribution in [3.63, 3.8) is 0 Å². The van der Waals surface area contributed by atoms with E-state index in [0.29, 0.717) is 23.7 Å². The Labute approximate surface area is 191 Å². The number of nitrogens with zero attached hydrogens (tertiary/aromatic N) is 1. The van der Waals surface area contributed by atoms with E-state index in [4.69, 9.17) is 0 Å². The Hall–Kier alpha value is -2.71. The first kappa shape index (κ1) is 24.6. The number of halogens is 1. The summed E-state index contributed by atoms with van der Waals surface area (Å²) in [6.07, 6.45) is 0. The lowest BCUT2D eigenvalue weighted by molar-refractivity contribution is -0.119. The van der Waals surface area contributed by atoms with E-state index in [0.717, 1.165) is 15.7 Å². The third-order valence-corrected chi connectivity index (χ3v) is 4.90. The number of hydrogen-bond acceptors (Lipinski definition) is 4. The molecule has 0 fully saturated rings. The number of nitrogens with one attached hydrogen (secondary N) is 3. The fourth-order valence-corrected chi connectivity index (χ4v) is 3.35. The predicted molar refractivity (Wildman–Crippen MR) is 127 cm³/mol. The summed E-state index contributed by atoms with van der Waals surface area (Å²) >= 11 is 3.40. The second kappa shape index (κ2) is 11.6. The van der Waals surface area contributed by atoms with Crippen LogP contribution in [0.1, 0.15) is 29.8 Å². The van der Waals surface area contributed by atoms with Crippen LogP contribution in [0.2, 0.25) is 0 Å². The van der Waals surface area contributed by atoms with E-state index in [2.05, 4.69) is 31.9 Å². The zero-order valence-corrected chi connectivity index (χ0v) is 19.9. The van der Waals surface area contributed by atoms with Crippen molar-refractivity contribution in [3.05, 3.63) is 58.1 Å². The highest BCUT2D eigenvalue weighted by molar-refractivity contribution is 9.10. The second-order valence-electron chi connectivity index (χ2n) is 7.88. The first-order chi connectivity index (χ1) is 14.7. The number of hydrogen-bond donors (Lipinski definition) is 3. The van der Waals surface area contributed by atoms with Crippen molar-refractivity contribution in [3.8, 4) is 0 Å². The van der Waals surface area contributed by atoms with Crippen LogP contribution in [0.5, 0.6) is 0 Å². The van der Waals surface area contributed by atoms with Crippen molar-refractivity contribution in [2.75, 3.05) is 37.3 Å². The zero-order chi connectivity index (χ0) is 23.0. The van der Waals surface area contributed by atoms with Crippen LogP contribution in [0.3, 0.4) is 0 Å². The maximum atomic E-state index is 12.5. The molecule has 31 heavy (non-hydrogen) atoms. The Morgan fingerprint density at radius 2 is 1.58 bits per heavy atom. The first-order valence-corrected chi connectivity index (χ1v) is 10.9. The van der Waals surface area contributed by atoms with Crippen molar-refractivity contribution < 1.29 is 14.4 Å². The number of aryl methyl sites for hydroxylation is 1. The summed E-state index contributed by atoms with van der Waals surface area (Å²) in [6, 6.07) is 12.5. The van der Waals surface area contributed by atoms with E-state index in [1.54, 1.807) is 36.2 Å². The van der Waals surface area contributed by atoms with Gasteiger partial charge in [0.15, 0.2) is 0 Å². The van der Waals surface area contributed by atoms with E-state index in [-0.39, 0.29) is 30.8 Å². The summed E-state index contributed by atoms with van der Waals surface area (Å²) < 4.78 is 0.940. The first-order valence-electron chi connectivity index (χ1n) is 10.1. The van der Waals surface area contributed by atoms with Gasteiger partial charge in [0.1, 0.15) is 0 Å². The summed E-state index contributed by atoms with van der Waals surface area (Å²) in [4.78, 5) is 38.8. The number of carbonyl (C=O) groups excluding carboxylic acids is 3. The number of para-hydroxylation sites is 1. The Kier molecular flexibility index (Phi) is 9.21. The normalized spacial score (nSPS) is 10.8. The molecule has 0 unspecified atom stereocenters. The molecular formula is C23H29BrN4O3. The Morgan fingerprint density at radius 1 is 0.968 bits per heavy atom. The van der Waals surface area contributed by atoms with Crippen LogP contribution in [0.4, 0.5) is 11.4 Å². The fraction of sp³-hybridized carbons (Fsp3) is 0.348. The Balaban J connectivity index is 1.90. The van der Waals surface area contributed by atoms with Crippen LogP contribution in [0, 0.1) is 12.8 Å². The highest BCUT2D eigenvalue weighted by Gasteiger charge is 2.16. The molecule has 0 radical (unpaired) electrons. The van der Waals surface area contributed by atoms with Gasteiger partial charge in [-0.05, 0) is 55.8 Å². The summed E-state index contributed by atoms with van der Waals surface area (Å²) in [5.74, 6) is -0.428. The van der Waals surface area contributed by atoms with Gasteiger partial charge in [0.2, 0.25) is 11.8 Å². The van der Waals surface area contributed by atoms with Crippen LogP contribution in [0.25, 0.3) is 0 Å². The number of anilines is 2. The summed E-state index contributed by atoms with van der Waals surface area (Å²) in [5.41, 5.74) is 2.52. The number of likely N-dealkylation sites (N-methyl/N-ethyl adjacent to an activating group) is 1. The SMILES string of the molecule is Cc1cc(Br)ccc1NC(=O)CN(C)CC(=O)Nc1ccccc1C(=O)NCC(C)C. The van der Waals surface area contributed by atoms with Crippen molar-refractivity contribution >= 4 is 45.0 Å². The molecule has 7 nitrogen and oxygen atoms in total. The molecule has 0 saturated heterocycles. The van der Waals surface area contributed by atoms with E-state index < -0.39 is 0 Å². The number of carbonyl (C=O) groups is 3. The monoisotopic (exact) mass is 488 g/mol. The summed E-state index contributed by atoms with van der Waals surface area (Å²) in [7, 11) is 1.69. The van der Waals surface area contributed by atoms with Gasteiger partial charge in [-0.15, -0.1) is 0 Å². The molecule has 2 rings (SSSR count). The standard InChI is InChI=1S/C23H29BrN4O3/c1-15(2)12-25-23(31)18-7-5-6-8-20(18)27-22(30)14-28(4)13-21(29)26-19-10-9-17(24)11-16(19)3/h5-11,15H,12-14H2,1-4H3,(H,25,31)(H,26,29)(H,27,30). The molecule has 2 aromatic carbocycles. The van der Waals surface area contributed by atoms with Gasteiger partial charge >= 0.3 is 0 Å². The number of rotatable bonds is 9. The molecule has 3 N–H and O–H groups in total. The van der Waals surface area contributed by atoms with Gasteiger partial charge in [0, 0.05) is 16.7 Å². The van der Waals surface area contributed by atoms with E-state index in [9.17, 15) is 14.4 Å². The van der Waals surface area contributed by atoms with Crippen LogP contribution < -0.4 is 16.0 Å². The molecule has 0 atom stereocenters. The molecule has 0 aliphatic carbocycles. The molecule has 0 aliphatic rings. The molecular weight excluding hydrogens is 460 g/mol. The average Bonchev–Trinajstić information content (AvgIpc) is 2.68. The molecule has 0 saturated carbocycles. The zero-order valence-electron chi connectivity index (χ0n) is 18.3. The predicted octanol–water partition coefficient (Wildman–Crippen LogP) is 3.65. The number of amides is 3. The molecule has 0 bridgehead atoms. The lowest BCUT2D eigenvalue weighted by Crippen LogP contribution is -2.36. The summed E-state index contributed by atoms with van der Waals surface area (Å²) in [5, 5.41) is 8.48. The maximum absolute atomic E-state index is 12.5. The molecule has 0 spiro atoms. The third kappa shape index (κ3) is 8.15. The number of benzene rings is 2. The van der Waals surface area contributed by atoms with Gasteiger partial charge < -0.3 is 16.0 Å². The van der Waals surface area contributed by atoms with Crippen LogP contribution in [0.15, 0.2) is 46.9 Å². The molecule has 3 amide bonds.